The van der Waals surface area contributed by atoms with E-state index in [-0.39, 0.29) is 29.3 Å². The van der Waals surface area contributed by atoms with Gasteiger partial charge in [0.15, 0.2) is 9.84 Å². The fourth-order valence-electron chi connectivity index (χ4n) is 1.80. The van der Waals surface area contributed by atoms with Gasteiger partial charge in [-0.25, -0.2) is 8.42 Å². The summed E-state index contributed by atoms with van der Waals surface area (Å²) in [6.45, 7) is 0.779. The highest BCUT2D eigenvalue weighted by atomic mass is 35.5. The number of ether oxygens (including phenoxy) is 1. The molecule has 7 heteroatoms. The molecule has 16 heavy (non-hydrogen) atoms. The normalized spacial score (nSPS) is 23.2. The van der Waals surface area contributed by atoms with Crippen molar-refractivity contribution in [1.29, 1.82) is 0 Å². The van der Waals surface area contributed by atoms with E-state index < -0.39 is 9.84 Å². The average molecular weight is 270 g/mol. The maximum absolute atomic E-state index is 11.6. The van der Waals surface area contributed by atoms with Gasteiger partial charge in [-0.15, -0.1) is 11.6 Å². The first-order valence-electron chi connectivity index (χ1n) is 5.05. The number of amides is 1. The Morgan fingerprint density at radius 1 is 1.56 bits per heavy atom. The van der Waals surface area contributed by atoms with Crippen LogP contribution in [0.2, 0.25) is 0 Å². The van der Waals surface area contributed by atoms with Gasteiger partial charge in [-0.3, -0.25) is 4.79 Å². The molecule has 1 saturated heterocycles. The van der Waals surface area contributed by atoms with E-state index in [1.54, 1.807) is 0 Å². The Kier molecular flexibility index (Phi) is 5.01. The van der Waals surface area contributed by atoms with Gasteiger partial charge in [0.1, 0.15) is 5.88 Å². The fourth-order valence-corrected chi connectivity index (χ4v) is 3.68. The van der Waals surface area contributed by atoms with Crippen molar-refractivity contribution in [3.8, 4) is 0 Å². The van der Waals surface area contributed by atoms with Crippen LogP contribution >= 0.6 is 11.6 Å². The minimum Gasteiger partial charge on any atom is -0.383 e. The monoisotopic (exact) mass is 269 g/mol. The zero-order valence-corrected chi connectivity index (χ0v) is 10.8. The van der Waals surface area contributed by atoms with Crippen LogP contribution in [0.25, 0.3) is 0 Å². The number of rotatable bonds is 5. The molecule has 1 heterocycles. The number of halogens is 1. The molecule has 0 saturated carbocycles. The quantitative estimate of drug-likeness (QED) is 0.653. The summed E-state index contributed by atoms with van der Waals surface area (Å²) in [6, 6.07) is -0.244. The van der Waals surface area contributed by atoms with Crippen LogP contribution < -0.4 is 0 Å². The number of carbonyl (C=O) groups is 1. The Balaban J connectivity index is 2.66. The molecule has 1 aliphatic heterocycles. The lowest BCUT2D eigenvalue weighted by molar-refractivity contribution is -0.131. The summed E-state index contributed by atoms with van der Waals surface area (Å²) >= 11 is 5.49. The van der Waals surface area contributed by atoms with Crippen molar-refractivity contribution in [3.63, 3.8) is 0 Å². The molecule has 1 amide bonds. The van der Waals surface area contributed by atoms with Gasteiger partial charge in [0.2, 0.25) is 5.91 Å². The minimum absolute atomic E-state index is 0.0410. The molecule has 0 N–H and O–H groups in total. The minimum atomic E-state index is -2.99. The van der Waals surface area contributed by atoms with Crippen molar-refractivity contribution < 1.29 is 17.9 Å². The molecule has 1 fully saturated rings. The molecule has 0 aromatic carbocycles. The van der Waals surface area contributed by atoms with Gasteiger partial charge in [0.05, 0.1) is 18.1 Å². The van der Waals surface area contributed by atoms with Crippen molar-refractivity contribution in [2.24, 2.45) is 0 Å². The van der Waals surface area contributed by atoms with E-state index in [0.29, 0.717) is 19.6 Å². The number of hydrogen-bond donors (Lipinski definition) is 0. The highest BCUT2D eigenvalue weighted by Gasteiger charge is 2.33. The van der Waals surface area contributed by atoms with Crippen LogP contribution in [0.4, 0.5) is 0 Å². The van der Waals surface area contributed by atoms with E-state index in [2.05, 4.69) is 0 Å². The molecule has 0 aromatic heterocycles. The highest BCUT2D eigenvalue weighted by Crippen LogP contribution is 2.18. The molecule has 1 atom stereocenters. The zero-order chi connectivity index (χ0) is 12.2. The van der Waals surface area contributed by atoms with Crippen LogP contribution in [0, 0.1) is 0 Å². The number of carbonyl (C=O) groups excluding carboxylic acids is 1. The summed E-state index contributed by atoms with van der Waals surface area (Å²) in [6.07, 6.45) is 0.495. The maximum Gasteiger partial charge on any atom is 0.237 e. The first-order chi connectivity index (χ1) is 7.50. The largest absolute Gasteiger partial charge is 0.383 e. The van der Waals surface area contributed by atoms with Crippen LogP contribution in [0.15, 0.2) is 0 Å². The Morgan fingerprint density at radius 2 is 2.25 bits per heavy atom. The predicted octanol–water partition coefficient (Wildman–Crippen LogP) is -0.113. The third kappa shape index (κ3) is 3.61. The second kappa shape index (κ2) is 5.84. The van der Waals surface area contributed by atoms with Gasteiger partial charge in [0.25, 0.3) is 0 Å². The SMILES string of the molecule is COCCN(C(=O)CCl)[C@@H]1CCS(=O)(=O)C1. The van der Waals surface area contributed by atoms with Gasteiger partial charge < -0.3 is 9.64 Å². The molecule has 94 valence electrons. The third-order valence-electron chi connectivity index (χ3n) is 2.62. The lowest BCUT2D eigenvalue weighted by Gasteiger charge is -2.27. The van der Waals surface area contributed by atoms with E-state index in [0.717, 1.165) is 0 Å². The summed E-state index contributed by atoms with van der Waals surface area (Å²) < 4.78 is 27.5. The summed E-state index contributed by atoms with van der Waals surface area (Å²) in [4.78, 5) is 13.1. The van der Waals surface area contributed by atoms with Crippen LogP contribution in [0.5, 0.6) is 0 Å². The topological polar surface area (TPSA) is 63.7 Å². The van der Waals surface area contributed by atoms with Crippen LogP contribution in [0.1, 0.15) is 6.42 Å². The Labute approximate surface area is 101 Å². The van der Waals surface area contributed by atoms with E-state index in [9.17, 15) is 13.2 Å². The molecule has 0 radical (unpaired) electrons. The zero-order valence-electron chi connectivity index (χ0n) is 9.19. The van der Waals surface area contributed by atoms with E-state index >= 15 is 0 Å². The molecule has 0 aliphatic carbocycles. The van der Waals surface area contributed by atoms with E-state index in [1.165, 1.54) is 12.0 Å². The number of methoxy groups -OCH3 is 1. The summed E-state index contributed by atoms with van der Waals surface area (Å²) in [5, 5.41) is 0. The van der Waals surface area contributed by atoms with Crippen molar-refractivity contribution in [2.45, 2.75) is 12.5 Å². The van der Waals surface area contributed by atoms with Gasteiger partial charge in [0, 0.05) is 19.7 Å². The van der Waals surface area contributed by atoms with E-state index in [4.69, 9.17) is 16.3 Å². The number of alkyl halides is 1. The summed E-state index contributed by atoms with van der Waals surface area (Å²) in [7, 11) is -1.45. The second-order valence-electron chi connectivity index (χ2n) is 3.77. The van der Waals surface area contributed by atoms with Gasteiger partial charge in [-0.2, -0.15) is 0 Å². The lowest BCUT2D eigenvalue weighted by Crippen LogP contribution is -2.43. The predicted molar refractivity (Wildman–Crippen MR) is 61.4 cm³/mol. The summed E-state index contributed by atoms with van der Waals surface area (Å²) in [5.74, 6) is -0.170. The number of sulfone groups is 1. The maximum atomic E-state index is 11.6. The molecule has 5 nitrogen and oxygen atoms in total. The van der Waals surface area contributed by atoms with Gasteiger partial charge in [-0.1, -0.05) is 0 Å². The first kappa shape index (κ1) is 13.7. The van der Waals surface area contributed by atoms with Crippen LogP contribution in [-0.2, 0) is 19.4 Å². The Bertz CT molecular complexity index is 343. The van der Waals surface area contributed by atoms with Crippen molar-refractivity contribution in [3.05, 3.63) is 0 Å². The molecule has 1 aliphatic rings. The molecule has 0 aromatic rings. The lowest BCUT2D eigenvalue weighted by atomic mass is 10.2. The smallest absolute Gasteiger partial charge is 0.237 e. The Morgan fingerprint density at radius 3 is 2.69 bits per heavy atom. The van der Waals surface area contributed by atoms with E-state index in [1.807, 2.05) is 0 Å². The number of hydrogen-bond acceptors (Lipinski definition) is 4. The molecular formula is C9H16ClNO4S. The van der Waals surface area contributed by atoms with Crippen molar-refractivity contribution >= 4 is 27.3 Å². The Hall–Kier alpha value is -0.330. The standard InChI is InChI=1S/C9H16ClNO4S/c1-15-4-3-11(9(12)6-10)8-2-5-16(13,14)7-8/h8H,2-7H2,1H3/t8-/m1/s1. The molecule has 0 unspecified atom stereocenters. The molecular weight excluding hydrogens is 254 g/mol. The third-order valence-corrected chi connectivity index (χ3v) is 4.60. The van der Waals surface area contributed by atoms with Crippen molar-refractivity contribution in [1.82, 2.24) is 4.90 Å². The van der Waals surface area contributed by atoms with Gasteiger partial charge in [-0.05, 0) is 6.42 Å². The average Bonchev–Trinajstić information content (AvgIpc) is 2.59. The highest BCUT2D eigenvalue weighted by molar-refractivity contribution is 7.91. The molecule has 1 rings (SSSR count). The second-order valence-corrected chi connectivity index (χ2v) is 6.27. The molecule has 0 bridgehead atoms. The van der Waals surface area contributed by atoms with Crippen LogP contribution in [0.3, 0.4) is 0 Å². The van der Waals surface area contributed by atoms with Gasteiger partial charge >= 0.3 is 0 Å². The fraction of sp³-hybridized carbons (Fsp3) is 0.889. The molecule has 0 spiro atoms. The van der Waals surface area contributed by atoms with Crippen LogP contribution in [-0.4, -0.2) is 62.9 Å². The number of nitrogens with zero attached hydrogens (tertiary/aromatic N) is 1. The first-order valence-corrected chi connectivity index (χ1v) is 7.40. The van der Waals surface area contributed by atoms with Crippen molar-refractivity contribution in [2.75, 3.05) is 37.6 Å². The summed E-state index contributed by atoms with van der Waals surface area (Å²) in [5.41, 5.74) is 0.